The Morgan fingerprint density at radius 3 is 2.74 bits per heavy atom. The third kappa shape index (κ3) is 3.37. The zero-order valence-electron chi connectivity index (χ0n) is 15.1. The van der Waals surface area contributed by atoms with E-state index in [1.54, 1.807) is 26.7 Å². The van der Waals surface area contributed by atoms with E-state index in [0.717, 1.165) is 27.2 Å². The van der Waals surface area contributed by atoms with Gasteiger partial charge in [0.25, 0.3) is 0 Å². The van der Waals surface area contributed by atoms with Crippen LogP contribution in [0.1, 0.15) is 25.6 Å². The molecule has 0 unspecified atom stereocenters. The molecule has 0 radical (unpaired) electrons. The minimum Gasteiger partial charge on any atom is -0.494 e. The van der Waals surface area contributed by atoms with E-state index >= 15 is 0 Å². The van der Waals surface area contributed by atoms with E-state index < -0.39 is 5.82 Å². The summed E-state index contributed by atoms with van der Waals surface area (Å²) in [5.74, 6) is 0.371. The molecule has 2 aromatic carbocycles. The summed E-state index contributed by atoms with van der Waals surface area (Å²) in [6.07, 6.45) is 0. The van der Waals surface area contributed by atoms with Crippen LogP contribution >= 0.6 is 32.3 Å². The highest BCUT2D eigenvalue weighted by Crippen LogP contribution is 2.46. The highest BCUT2D eigenvalue weighted by molar-refractivity contribution is 7.68. The van der Waals surface area contributed by atoms with Gasteiger partial charge in [0.1, 0.15) is 16.2 Å². The minimum absolute atomic E-state index is 0.101. The number of ether oxygens (including phenoxy) is 1. The van der Waals surface area contributed by atoms with Crippen LogP contribution in [0.2, 0.25) is 5.02 Å². The maximum Gasteiger partial charge on any atom is 0.143 e. The van der Waals surface area contributed by atoms with Gasteiger partial charge < -0.3 is 10.1 Å². The van der Waals surface area contributed by atoms with Gasteiger partial charge in [-0.2, -0.15) is 0 Å². The van der Waals surface area contributed by atoms with Gasteiger partial charge in [0.15, 0.2) is 0 Å². The predicted octanol–water partition coefficient (Wildman–Crippen LogP) is 6.56. The maximum atomic E-state index is 13.8. The highest BCUT2D eigenvalue weighted by atomic mass is 35.5. The molecule has 27 heavy (non-hydrogen) atoms. The molecule has 140 valence electrons. The predicted molar refractivity (Wildman–Crippen MR) is 112 cm³/mol. The quantitative estimate of drug-likeness (QED) is 0.486. The van der Waals surface area contributed by atoms with E-state index in [4.69, 9.17) is 21.3 Å². The van der Waals surface area contributed by atoms with E-state index in [9.17, 15) is 4.39 Å². The van der Waals surface area contributed by atoms with E-state index in [2.05, 4.69) is 25.2 Å². The number of halogens is 2. The molecule has 0 saturated carbocycles. The molecule has 0 saturated heterocycles. The molecule has 2 heterocycles. The summed E-state index contributed by atoms with van der Waals surface area (Å²) < 4.78 is 20.3. The van der Waals surface area contributed by atoms with Crippen molar-refractivity contribution < 1.29 is 9.13 Å². The molecule has 1 aliphatic heterocycles. The summed E-state index contributed by atoms with van der Waals surface area (Å²) in [5, 5.41) is 3.70. The van der Waals surface area contributed by atoms with Gasteiger partial charge in [-0.15, -0.1) is 0 Å². The Kier molecular flexibility index (Phi) is 4.74. The summed E-state index contributed by atoms with van der Waals surface area (Å²) in [7, 11) is 3.30. The molecule has 3 aromatic rings. The van der Waals surface area contributed by atoms with Gasteiger partial charge >= 0.3 is 0 Å². The van der Waals surface area contributed by atoms with Crippen LogP contribution < -0.4 is 14.7 Å². The Balaban J connectivity index is 1.91. The molecule has 0 spiro atoms. The van der Waals surface area contributed by atoms with Crippen molar-refractivity contribution in [3.05, 3.63) is 56.8 Å². The second-order valence-electron chi connectivity index (χ2n) is 6.78. The smallest absolute Gasteiger partial charge is 0.143 e. The summed E-state index contributed by atoms with van der Waals surface area (Å²) in [6, 6.07) is 10.7. The second-order valence-corrected chi connectivity index (χ2v) is 9.31. The van der Waals surface area contributed by atoms with Crippen molar-refractivity contribution in [2.75, 3.05) is 11.9 Å². The van der Waals surface area contributed by atoms with Gasteiger partial charge in [0, 0.05) is 28.9 Å². The van der Waals surface area contributed by atoms with E-state index in [1.807, 2.05) is 19.1 Å². The number of anilines is 1. The normalized spacial score (nSPS) is 15.1. The molecule has 0 amide bonds. The van der Waals surface area contributed by atoms with Crippen molar-refractivity contribution in [2.24, 2.45) is 4.99 Å². The van der Waals surface area contributed by atoms with Crippen molar-refractivity contribution >= 4 is 43.7 Å². The molecule has 1 N–H and O–H groups in total. The lowest BCUT2D eigenvalue weighted by atomic mass is 9.90. The molecule has 0 bridgehead atoms. The first-order chi connectivity index (χ1) is 12.9. The van der Waals surface area contributed by atoms with E-state index in [1.165, 1.54) is 17.0 Å². The number of hydrogen-bond acceptors (Lipinski definition) is 5. The van der Waals surface area contributed by atoms with E-state index in [0.29, 0.717) is 12.3 Å². The van der Waals surface area contributed by atoms with Crippen molar-refractivity contribution in [3.8, 4) is 16.9 Å². The number of hydrogen-bond donors (Lipinski definition) is 1. The van der Waals surface area contributed by atoms with Gasteiger partial charge in [-0.1, -0.05) is 32.3 Å². The van der Waals surface area contributed by atoms with Gasteiger partial charge in [-0.3, -0.25) is 0 Å². The van der Waals surface area contributed by atoms with Crippen molar-refractivity contribution in [2.45, 2.75) is 26.3 Å². The Bertz CT molecular complexity index is 1090. The van der Waals surface area contributed by atoms with Gasteiger partial charge in [0.05, 0.1) is 27.7 Å². The zero-order chi connectivity index (χ0) is 19.2. The lowest BCUT2D eigenvalue weighted by Crippen LogP contribution is -2.31. The largest absolute Gasteiger partial charge is 0.494 e. The fourth-order valence-corrected chi connectivity index (χ4v) is 6.21. The third-order valence-corrected chi connectivity index (χ3v) is 7.31. The number of benzene rings is 2. The van der Waals surface area contributed by atoms with Crippen LogP contribution in [0.25, 0.3) is 11.1 Å². The SMILES string of the molecule is CCOc1ccc2c(c1)NC(C)(C)c1ssc(=Nc3ccc(Cl)c(F)c3)c1-2. The molecule has 7 heteroatoms. The average molecular weight is 421 g/mol. The molecular weight excluding hydrogens is 403 g/mol. The summed E-state index contributed by atoms with van der Waals surface area (Å²) in [6.45, 7) is 6.89. The van der Waals surface area contributed by atoms with Gasteiger partial charge in [-0.05, 0) is 45.0 Å². The first-order valence-electron chi connectivity index (χ1n) is 8.58. The molecule has 4 rings (SSSR count). The fraction of sp³-hybridized carbons (Fsp3) is 0.250. The first kappa shape index (κ1) is 18.5. The Morgan fingerprint density at radius 2 is 2.00 bits per heavy atom. The summed E-state index contributed by atoms with van der Waals surface area (Å²) in [4.78, 5) is 5.93. The monoisotopic (exact) mass is 420 g/mol. The third-order valence-electron chi connectivity index (χ3n) is 4.36. The summed E-state index contributed by atoms with van der Waals surface area (Å²) in [5.41, 5.74) is 3.52. The second kappa shape index (κ2) is 6.93. The molecule has 0 atom stereocenters. The van der Waals surface area contributed by atoms with E-state index in [-0.39, 0.29) is 10.6 Å². The van der Waals surface area contributed by atoms with Crippen LogP contribution in [-0.4, -0.2) is 6.61 Å². The van der Waals surface area contributed by atoms with Crippen LogP contribution in [0.5, 0.6) is 5.75 Å². The topological polar surface area (TPSA) is 33.6 Å². The zero-order valence-corrected chi connectivity index (χ0v) is 17.5. The van der Waals surface area contributed by atoms with Crippen LogP contribution in [0.15, 0.2) is 41.4 Å². The lowest BCUT2D eigenvalue weighted by molar-refractivity contribution is 0.340. The lowest BCUT2D eigenvalue weighted by Gasteiger charge is -2.33. The van der Waals surface area contributed by atoms with Crippen molar-refractivity contribution in [1.82, 2.24) is 0 Å². The van der Waals surface area contributed by atoms with Crippen molar-refractivity contribution in [3.63, 3.8) is 0 Å². The number of fused-ring (bicyclic) bond motifs is 3. The molecule has 0 aliphatic carbocycles. The molecule has 1 aliphatic rings. The molecule has 1 aromatic heterocycles. The highest BCUT2D eigenvalue weighted by Gasteiger charge is 2.33. The number of nitrogens with zero attached hydrogens (tertiary/aromatic N) is 1. The summed E-state index contributed by atoms with van der Waals surface area (Å²) >= 11 is 5.79. The standard InChI is InChI=1S/C20H18ClFN2OS2/c1-4-25-12-6-7-13-16(10-12)24-20(2,3)18-17(13)19(27-26-18)23-11-5-8-14(21)15(22)9-11/h5-10,24H,4H2,1-3H3. The van der Waals surface area contributed by atoms with Crippen LogP contribution in [0, 0.1) is 5.82 Å². The van der Waals surface area contributed by atoms with Gasteiger partial charge in [0.2, 0.25) is 0 Å². The van der Waals surface area contributed by atoms with Crippen molar-refractivity contribution in [1.29, 1.82) is 0 Å². The number of nitrogens with one attached hydrogen (secondary N) is 1. The Morgan fingerprint density at radius 1 is 1.19 bits per heavy atom. The van der Waals surface area contributed by atoms with Crippen LogP contribution in [0.4, 0.5) is 15.8 Å². The van der Waals surface area contributed by atoms with Gasteiger partial charge in [-0.25, -0.2) is 9.38 Å². The maximum absolute atomic E-state index is 13.8. The minimum atomic E-state index is -0.462. The van der Waals surface area contributed by atoms with Crippen LogP contribution in [0.3, 0.4) is 0 Å². The van der Waals surface area contributed by atoms with Crippen LogP contribution in [-0.2, 0) is 5.54 Å². The molecule has 3 nitrogen and oxygen atoms in total. The average Bonchev–Trinajstić information content (AvgIpc) is 3.03. The number of rotatable bonds is 3. The fourth-order valence-electron chi connectivity index (χ4n) is 3.16. The first-order valence-corrected chi connectivity index (χ1v) is 11.1. The molecular formula is C20H18ClFN2OS2. The molecule has 0 fully saturated rings. The Labute approximate surface area is 169 Å². The Hall–Kier alpha value is -1.89.